The largest absolute Gasteiger partial charge is 0.376 e. The molecule has 1 saturated carbocycles. The zero-order valence-corrected chi connectivity index (χ0v) is 22.4. The molecule has 0 radical (unpaired) electrons. The van der Waals surface area contributed by atoms with Gasteiger partial charge >= 0.3 is 0 Å². The van der Waals surface area contributed by atoms with Crippen molar-refractivity contribution in [2.45, 2.75) is 89.3 Å². The lowest BCUT2D eigenvalue weighted by atomic mass is 9.94. The molecule has 2 aromatic rings. The van der Waals surface area contributed by atoms with Gasteiger partial charge in [-0.15, -0.1) is 0 Å². The first-order chi connectivity index (χ1) is 18.5. The standard InChI is InChI=1S/C30H40N4O4/c1-22-15-17-23(18-16-22)29(30(37)32-24-9-3-2-4-10-24)34(21-25-11-8-20-38-25)28(36)14-7-13-27(35)33-26-12-5-6-19-31-26/h5-6,12,15-19,24-25,29H,2-4,7-11,13-14,20-21H2,1H3,(H,32,37)(H,31,33,35)/t25-,29+/m1/s1. The summed E-state index contributed by atoms with van der Waals surface area (Å²) in [6.45, 7) is 3.03. The smallest absolute Gasteiger partial charge is 0.247 e. The maximum absolute atomic E-state index is 13.8. The molecule has 2 fully saturated rings. The highest BCUT2D eigenvalue weighted by atomic mass is 16.5. The number of ether oxygens (including phenoxy) is 1. The molecule has 2 N–H and O–H groups in total. The molecule has 8 heteroatoms. The summed E-state index contributed by atoms with van der Waals surface area (Å²) in [5.74, 6) is 0.0189. The molecule has 1 aliphatic heterocycles. The van der Waals surface area contributed by atoms with Crippen LogP contribution < -0.4 is 10.6 Å². The predicted octanol–water partition coefficient (Wildman–Crippen LogP) is 4.70. The number of rotatable bonds is 11. The van der Waals surface area contributed by atoms with Crippen molar-refractivity contribution in [2.24, 2.45) is 0 Å². The lowest BCUT2D eigenvalue weighted by molar-refractivity contribution is -0.143. The van der Waals surface area contributed by atoms with Crippen molar-refractivity contribution in [1.82, 2.24) is 15.2 Å². The van der Waals surface area contributed by atoms with Gasteiger partial charge in [-0.2, -0.15) is 0 Å². The molecular formula is C30H40N4O4. The second-order valence-electron chi connectivity index (χ2n) is 10.5. The number of nitrogens with one attached hydrogen (secondary N) is 2. The van der Waals surface area contributed by atoms with Crippen LogP contribution in [-0.4, -0.2) is 52.9 Å². The molecule has 1 aromatic heterocycles. The number of aromatic nitrogens is 1. The highest BCUT2D eigenvalue weighted by Gasteiger charge is 2.35. The fraction of sp³-hybridized carbons (Fsp3) is 0.533. The number of nitrogens with zero attached hydrogens (tertiary/aromatic N) is 2. The van der Waals surface area contributed by atoms with Crippen LogP contribution in [0.1, 0.15) is 81.4 Å². The number of aryl methyl sites for hydroxylation is 1. The Morgan fingerprint density at radius 2 is 1.79 bits per heavy atom. The minimum absolute atomic E-state index is 0.0955. The molecule has 2 atom stereocenters. The van der Waals surface area contributed by atoms with E-state index in [-0.39, 0.29) is 42.7 Å². The Bertz CT molecular complexity index is 1050. The third-order valence-electron chi connectivity index (χ3n) is 7.38. The number of carbonyl (C=O) groups excluding carboxylic acids is 3. The highest BCUT2D eigenvalue weighted by molar-refractivity contribution is 5.91. The van der Waals surface area contributed by atoms with Crippen LogP contribution in [0.15, 0.2) is 48.7 Å². The number of amides is 3. The average Bonchev–Trinajstić information content (AvgIpc) is 3.44. The fourth-order valence-electron chi connectivity index (χ4n) is 5.29. The molecular weight excluding hydrogens is 480 g/mol. The maximum Gasteiger partial charge on any atom is 0.247 e. The molecule has 0 spiro atoms. The van der Waals surface area contributed by atoms with Crippen LogP contribution in [0.3, 0.4) is 0 Å². The quantitative estimate of drug-likeness (QED) is 0.447. The van der Waals surface area contributed by atoms with Gasteiger partial charge in [0, 0.05) is 38.2 Å². The van der Waals surface area contributed by atoms with Gasteiger partial charge in [0.25, 0.3) is 0 Å². The van der Waals surface area contributed by atoms with Gasteiger partial charge in [0.1, 0.15) is 11.9 Å². The zero-order chi connectivity index (χ0) is 26.7. The summed E-state index contributed by atoms with van der Waals surface area (Å²) in [4.78, 5) is 45.7. The molecule has 38 heavy (non-hydrogen) atoms. The Morgan fingerprint density at radius 1 is 1.00 bits per heavy atom. The number of hydrogen-bond donors (Lipinski definition) is 2. The van der Waals surface area contributed by atoms with Gasteiger partial charge in [0.2, 0.25) is 17.7 Å². The van der Waals surface area contributed by atoms with E-state index in [2.05, 4.69) is 15.6 Å². The third-order valence-corrected chi connectivity index (χ3v) is 7.38. The number of carbonyl (C=O) groups is 3. The summed E-state index contributed by atoms with van der Waals surface area (Å²) in [5.41, 5.74) is 1.89. The number of pyridine rings is 1. The van der Waals surface area contributed by atoms with E-state index in [1.54, 1.807) is 29.3 Å². The summed E-state index contributed by atoms with van der Waals surface area (Å²) < 4.78 is 5.88. The number of benzene rings is 1. The molecule has 0 unspecified atom stereocenters. The van der Waals surface area contributed by atoms with Crippen LogP contribution in [0.4, 0.5) is 5.82 Å². The van der Waals surface area contributed by atoms with Crippen LogP contribution in [-0.2, 0) is 19.1 Å². The molecule has 2 heterocycles. The Balaban J connectivity index is 1.48. The van der Waals surface area contributed by atoms with Crippen molar-refractivity contribution in [3.05, 3.63) is 59.8 Å². The van der Waals surface area contributed by atoms with E-state index in [0.29, 0.717) is 25.4 Å². The first kappa shape index (κ1) is 27.8. The van der Waals surface area contributed by atoms with Gasteiger partial charge in [0.05, 0.1) is 6.10 Å². The molecule has 0 bridgehead atoms. The molecule has 204 valence electrons. The Labute approximate surface area is 225 Å². The SMILES string of the molecule is Cc1ccc([C@@H](C(=O)NC2CCCCC2)N(C[C@H]2CCCO2)C(=O)CCCC(=O)Nc2ccccn2)cc1. The Morgan fingerprint density at radius 3 is 2.47 bits per heavy atom. The second-order valence-corrected chi connectivity index (χ2v) is 10.5. The van der Waals surface area contributed by atoms with E-state index in [4.69, 9.17) is 4.74 Å². The van der Waals surface area contributed by atoms with E-state index >= 15 is 0 Å². The summed E-state index contributed by atoms with van der Waals surface area (Å²) >= 11 is 0. The van der Waals surface area contributed by atoms with Crippen LogP contribution >= 0.6 is 0 Å². The van der Waals surface area contributed by atoms with Gasteiger partial charge in [-0.05, 0) is 56.7 Å². The van der Waals surface area contributed by atoms with Crippen molar-refractivity contribution in [3.63, 3.8) is 0 Å². The van der Waals surface area contributed by atoms with Crippen molar-refractivity contribution in [1.29, 1.82) is 0 Å². The normalized spacial score (nSPS) is 18.5. The lowest BCUT2D eigenvalue weighted by Gasteiger charge is -2.35. The Hall–Kier alpha value is -3.26. The molecule has 2 aliphatic rings. The lowest BCUT2D eigenvalue weighted by Crippen LogP contribution is -2.49. The molecule has 8 nitrogen and oxygen atoms in total. The van der Waals surface area contributed by atoms with Gasteiger partial charge < -0.3 is 20.3 Å². The highest BCUT2D eigenvalue weighted by Crippen LogP contribution is 2.27. The molecule has 3 amide bonds. The van der Waals surface area contributed by atoms with E-state index in [0.717, 1.165) is 49.7 Å². The first-order valence-electron chi connectivity index (χ1n) is 14.0. The van der Waals surface area contributed by atoms with E-state index in [1.807, 2.05) is 31.2 Å². The molecule has 1 aliphatic carbocycles. The second kappa shape index (κ2) is 14.0. The van der Waals surface area contributed by atoms with Crippen molar-refractivity contribution < 1.29 is 19.1 Å². The average molecular weight is 521 g/mol. The summed E-state index contributed by atoms with van der Waals surface area (Å²) in [6.07, 6.45) is 9.43. The van der Waals surface area contributed by atoms with Crippen molar-refractivity contribution in [2.75, 3.05) is 18.5 Å². The molecule has 1 aromatic carbocycles. The van der Waals surface area contributed by atoms with Crippen molar-refractivity contribution >= 4 is 23.5 Å². The summed E-state index contributed by atoms with van der Waals surface area (Å²) in [7, 11) is 0. The molecule has 4 rings (SSSR count). The van der Waals surface area contributed by atoms with Gasteiger partial charge in [-0.1, -0.05) is 55.2 Å². The van der Waals surface area contributed by atoms with Gasteiger partial charge in [-0.25, -0.2) is 4.98 Å². The van der Waals surface area contributed by atoms with E-state index in [9.17, 15) is 14.4 Å². The summed E-state index contributed by atoms with van der Waals surface area (Å²) in [6, 6.07) is 12.6. The van der Waals surface area contributed by atoms with Crippen LogP contribution in [0.2, 0.25) is 0 Å². The number of hydrogen-bond acceptors (Lipinski definition) is 5. The number of anilines is 1. The van der Waals surface area contributed by atoms with E-state index < -0.39 is 6.04 Å². The zero-order valence-electron chi connectivity index (χ0n) is 22.4. The Kier molecular flexibility index (Phi) is 10.3. The van der Waals surface area contributed by atoms with Crippen LogP contribution in [0, 0.1) is 6.92 Å². The third kappa shape index (κ3) is 8.12. The fourth-order valence-corrected chi connectivity index (χ4v) is 5.29. The monoisotopic (exact) mass is 520 g/mol. The minimum Gasteiger partial charge on any atom is -0.376 e. The molecule has 1 saturated heterocycles. The maximum atomic E-state index is 13.8. The van der Waals surface area contributed by atoms with Gasteiger partial charge in [-0.3, -0.25) is 14.4 Å². The topological polar surface area (TPSA) is 101 Å². The van der Waals surface area contributed by atoms with Crippen molar-refractivity contribution in [3.8, 4) is 0 Å². The predicted molar refractivity (Wildman–Crippen MR) is 146 cm³/mol. The minimum atomic E-state index is -0.739. The van der Waals surface area contributed by atoms with Gasteiger partial charge in [0.15, 0.2) is 0 Å². The van der Waals surface area contributed by atoms with Crippen LogP contribution in [0.25, 0.3) is 0 Å². The van der Waals surface area contributed by atoms with Crippen LogP contribution in [0.5, 0.6) is 0 Å². The first-order valence-corrected chi connectivity index (χ1v) is 14.0. The summed E-state index contributed by atoms with van der Waals surface area (Å²) in [5, 5.41) is 6.01. The van der Waals surface area contributed by atoms with E-state index in [1.165, 1.54) is 6.42 Å².